The first kappa shape index (κ1) is 21.0. The third kappa shape index (κ3) is 7.13. The summed E-state index contributed by atoms with van der Waals surface area (Å²) in [5.74, 6) is 0.832. The zero-order chi connectivity index (χ0) is 18.7. The Bertz CT molecular complexity index is 539. The Balaban J connectivity index is 2.73. The van der Waals surface area contributed by atoms with E-state index in [2.05, 4.69) is 15.6 Å². The topological polar surface area (TPSA) is 66.0 Å². The van der Waals surface area contributed by atoms with Crippen molar-refractivity contribution in [3.05, 3.63) is 35.4 Å². The zero-order valence-electron chi connectivity index (χ0n) is 16.1. The molecule has 0 spiro atoms. The van der Waals surface area contributed by atoms with Gasteiger partial charge in [-0.2, -0.15) is 0 Å². The van der Waals surface area contributed by atoms with Crippen molar-refractivity contribution in [2.24, 2.45) is 4.99 Å². The van der Waals surface area contributed by atoms with E-state index in [0.717, 1.165) is 36.7 Å². The molecule has 0 aliphatic carbocycles. The monoisotopic (exact) mass is 348 g/mol. The van der Waals surface area contributed by atoms with Gasteiger partial charge in [0.2, 0.25) is 0 Å². The summed E-state index contributed by atoms with van der Waals surface area (Å²) < 4.78 is 5.14. The van der Waals surface area contributed by atoms with Crippen molar-refractivity contribution >= 4 is 11.9 Å². The smallest absolute Gasteiger partial charge is 0.253 e. The van der Waals surface area contributed by atoms with E-state index < -0.39 is 0 Å². The van der Waals surface area contributed by atoms with Gasteiger partial charge in [-0.25, -0.2) is 4.99 Å². The maximum absolute atomic E-state index is 12.3. The third-order valence-electron chi connectivity index (χ3n) is 3.82. The van der Waals surface area contributed by atoms with Gasteiger partial charge in [0.05, 0.1) is 13.2 Å². The van der Waals surface area contributed by atoms with Crippen molar-refractivity contribution in [1.82, 2.24) is 15.5 Å². The van der Waals surface area contributed by atoms with Crippen LogP contribution in [0.3, 0.4) is 0 Å². The second-order valence-electron chi connectivity index (χ2n) is 5.87. The second kappa shape index (κ2) is 11.5. The Labute approximate surface area is 151 Å². The van der Waals surface area contributed by atoms with E-state index in [1.165, 1.54) is 0 Å². The first-order chi connectivity index (χ1) is 12.0. The Morgan fingerprint density at radius 2 is 1.84 bits per heavy atom. The number of benzene rings is 1. The fourth-order valence-corrected chi connectivity index (χ4v) is 2.46. The molecule has 2 N–H and O–H groups in total. The van der Waals surface area contributed by atoms with E-state index in [0.29, 0.717) is 13.2 Å². The molecule has 140 valence electrons. The van der Waals surface area contributed by atoms with Crippen molar-refractivity contribution < 1.29 is 9.53 Å². The van der Waals surface area contributed by atoms with Crippen LogP contribution in [0.2, 0.25) is 0 Å². The number of aliphatic imine (C=N–C) groups is 1. The lowest BCUT2D eigenvalue weighted by molar-refractivity contribution is 0.0773. The minimum absolute atomic E-state index is 0.0726. The van der Waals surface area contributed by atoms with Crippen molar-refractivity contribution in [2.45, 2.75) is 40.3 Å². The Kier molecular flexibility index (Phi) is 9.62. The molecule has 25 heavy (non-hydrogen) atoms. The van der Waals surface area contributed by atoms with Gasteiger partial charge in [0.15, 0.2) is 5.96 Å². The van der Waals surface area contributed by atoms with Crippen LogP contribution in [0.1, 0.15) is 43.6 Å². The molecule has 1 rings (SSSR count). The van der Waals surface area contributed by atoms with Crippen LogP contribution in [0.15, 0.2) is 29.3 Å². The van der Waals surface area contributed by atoms with Crippen LogP contribution in [0.5, 0.6) is 0 Å². The molecule has 0 aliphatic heterocycles. The van der Waals surface area contributed by atoms with Gasteiger partial charge in [-0.3, -0.25) is 4.79 Å². The molecule has 0 heterocycles. The molecule has 0 fully saturated rings. The molecule has 0 radical (unpaired) electrons. The third-order valence-corrected chi connectivity index (χ3v) is 3.82. The number of rotatable bonds is 9. The molecule has 0 saturated heterocycles. The predicted molar refractivity (Wildman–Crippen MR) is 103 cm³/mol. The minimum Gasteiger partial charge on any atom is -0.383 e. The number of carbonyl (C=O) groups excluding carboxylic acids is 1. The molecule has 0 bridgehead atoms. The summed E-state index contributed by atoms with van der Waals surface area (Å²) in [6.45, 7) is 11.5. The lowest BCUT2D eigenvalue weighted by Gasteiger charge is -2.18. The number of ether oxygens (including phenoxy) is 1. The van der Waals surface area contributed by atoms with Gasteiger partial charge < -0.3 is 20.3 Å². The van der Waals surface area contributed by atoms with Gasteiger partial charge in [-0.15, -0.1) is 0 Å². The van der Waals surface area contributed by atoms with Gasteiger partial charge in [-0.05, 0) is 45.4 Å². The van der Waals surface area contributed by atoms with Crippen LogP contribution >= 0.6 is 0 Å². The Morgan fingerprint density at radius 3 is 2.36 bits per heavy atom. The Hall–Kier alpha value is -2.08. The summed E-state index contributed by atoms with van der Waals surface area (Å²) in [5, 5.41) is 6.53. The van der Waals surface area contributed by atoms with E-state index in [-0.39, 0.29) is 11.9 Å². The number of amides is 1. The minimum atomic E-state index is 0.0726. The fraction of sp³-hybridized carbons (Fsp3) is 0.579. The molecule has 0 aromatic heterocycles. The summed E-state index contributed by atoms with van der Waals surface area (Å²) >= 11 is 0. The largest absolute Gasteiger partial charge is 0.383 e. The number of carbonyl (C=O) groups is 1. The molecule has 1 atom stereocenters. The zero-order valence-corrected chi connectivity index (χ0v) is 16.1. The van der Waals surface area contributed by atoms with Crippen molar-refractivity contribution in [3.63, 3.8) is 0 Å². The quantitative estimate of drug-likeness (QED) is 0.531. The van der Waals surface area contributed by atoms with Crippen molar-refractivity contribution in [3.8, 4) is 0 Å². The van der Waals surface area contributed by atoms with Gasteiger partial charge >= 0.3 is 0 Å². The molecule has 6 nitrogen and oxygen atoms in total. The summed E-state index contributed by atoms with van der Waals surface area (Å²) in [6, 6.07) is 7.85. The number of hydrogen-bond donors (Lipinski definition) is 2. The summed E-state index contributed by atoms with van der Waals surface area (Å²) in [5.41, 5.74) is 1.78. The second-order valence-corrected chi connectivity index (χ2v) is 5.87. The maximum atomic E-state index is 12.3. The van der Waals surface area contributed by atoms with Crippen LogP contribution in [-0.2, 0) is 11.3 Å². The van der Waals surface area contributed by atoms with E-state index in [4.69, 9.17) is 4.74 Å². The molecule has 1 unspecified atom stereocenters. The van der Waals surface area contributed by atoms with E-state index in [9.17, 15) is 4.79 Å². The van der Waals surface area contributed by atoms with E-state index in [1.54, 1.807) is 7.11 Å². The van der Waals surface area contributed by atoms with Gasteiger partial charge in [0, 0.05) is 38.3 Å². The van der Waals surface area contributed by atoms with Crippen molar-refractivity contribution in [1.29, 1.82) is 0 Å². The van der Waals surface area contributed by atoms with Crippen LogP contribution in [0.25, 0.3) is 0 Å². The van der Waals surface area contributed by atoms with E-state index in [1.807, 2.05) is 56.9 Å². The highest BCUT2D eigenvalue weighted by Gasteiger charge is 2.11. The summed E-state index contributed by atoms with van der Waals surface area (Å²) in [6.07, 6.45) is 0. The van der Waals surface area contributed by atoms with Crippen molar-refractivity contribution in [2.75, 3.05) is 33.4 Å². The molecule has 6 heteroatoms. The van der Waals surface area contributed by atoms with Crippen LogP contribution < -0.4 is 10.6 Å². The van der Waals surface area contributed by atoms with Crippen LogP contribution in [-0.4, -0.2) is 56.2 Å². The molecular formula is C19H32N4O2. The number of nitrogens with zero attached hydrogens (tertiary/aromatic N) is 2. The fourth-order valence-electron chi connectivity index (χ4n) is 2.46. The first-order valence-electron chi connectivity index (χ1n) is 8.97. The van der Waals surface area contributed by atoms with Crippen LogP contribution in [0, 0.1) is 0 Å². The number of guanidine groups is 1. The normalized spacial score (nSPS) is 12.6. The molecule has 1 aromatic carbocycles. The lowest BCUT2D eigenvalue weighted by Crippen LogP contribution is -2.43. The molecule has 0 aliphatic rings. The van der Waals surface area contributed by atoms with Gasteiger partial charge in [0.1, 0.15) is 0 Å². The molecular weight excluding hydrogens is 316 g/mol. The average molecular weight is 348 g/mol. The summed E-state index contributed by atoms with van der Waals surface area (Å²) in [7, 11) is 1.68. The SMILES string of the molecule is CCNC(=NCc1ccc(C(=O)N(CC)CC)cc1)NC(C)COC. The highest BCUT2D eigenvalue weighted by Crippen LogP contribution is 2.09. The van der Waals surface area contributed by atoms with Gasteiger partial charge in [-0.1, -0.05) is 12.1 Å². The van der Waals surface area contributed by atoms with Crippen LogP contribution in [0.4, 0.5) is 0 Å². The standard InChI is InChI=1S/C19H32N4O2/c1-6-20-19(22-15(4)14-25-5)21-13-16-9-11-17(12-10-16)18(24)23(7-2)8-3/h9-12,15H,6-8,13-14H2,1-5H3,(H2,20,21,22). The Morgan fingerprint density at radius 1 is 1.20 bits per heavy atom. The lowest BCUT2D eigenvalue weighted by atomic mass is 10.1. The highest BCUT2D eigenvalue weighted by molar-refractivity contribution is 5.94. The van der Waals surface area contributed by atoms with Gasteiger partial charge in [0.25, 0.3) is 5.91 Å². The number of methoxy groups -OCH3 is 1. The number of hydrogen-bond acceptors (Lipinski definition) is 3. The maximum Gasteiger partial charge on any atom is 0.253 e. The predicted octanol–water partition coefficient (Wildman–Crippen LogP) is 2.26. The van der Waals surface area contributed by atoms with E-state index >= 15 is 0 Å². The molecule has 1 aromatic rings. The molecule has 1 amide bonds. The summed E-state index contributed by atoms with van der Waals surface area (Å²) in [4.78, 5) is 18.7. The number of nitrogens with one attached hydrogen (secondary N) is 2. The first-order valence-corrected chi connectivity index (χ1v) is 8.97. The molecule has 0 saturated carbocycles. The highest BCUT2D eigenvalue weighted by atomic mass is 16.5. The average Bonchev–Trinajstić information content (AvgIpc) is 2.61.